The number of halogens is 1. The van der Waals surface area contributed by atoms with Gasteiger partial charge in [-0.15, -0.1) is 0 Å². The van der Waals surface area contributed by atoms with Crippen LogP contribution in [-0.2, 0) is 12.3 Å². The van der Waals surface area contributed by atoms with Crippen molar-refractivity contribution >= 4 is 35.1 Å². The smallest absolute Gasteiger partial charge is 0.251 e. The van der Waals surface area contributed by atoms with Crippen LogP contribution in [0, 0.1) is 0 Å². The second-order valence-electron chi connectivity index (χ2n) is 7.18. The highest BCUT2D eigenvalue weighted by Gasteiger charge is 2.16. The van der Waals surface area contributed by atoms with Crippen LogP contribution in [-0.4, -0.2) is 29.0 Å². The molecule has 1 aromatic heterocycles. The van der Waals surface area contributed by atoms with Gasteiger partial charge in [-0.2, -0.15) is 0 Å². The summed E-state index contributed by atoms with van der Waals surface area (Å²) in [6.07, 6.45) is 2.37. The topological polar surface area (TPSA) is 58.1 Å². The lowest BCUT2D eigenvalue weighted by molar-refractivity contribution is 0.0951. The van der Waals surface area contributed by atoms with E-state index in [4.69, 9.17) is 11.6 Å². The molecule has 3 aromatic rings. The second-order valence-corrected chi connectivity index (χ2v) is 8.51. The molecular formula is C23H23ClN4OS. The first-order chi connectivity index (χ1) is 14.7. The van der Waals surface area contributed by atoms with Crippen LogP contribution in [0.4, 0.5) is 5.82 Å². The van der Waals surface area contributed by atoms with Crippen LogP contribution in [0.3, 0.4) is 0 Å². The van der Waals surface area contributed by atoms with Crippen LogP contribution in [0.1, 0.15) is 34.3 Å². The highest BCUT2D eigenvalue weighted by atomic mass is 35.5. The van der Waals surface area contributed by atoms with Crippen molar-refractivity contribution in [1.29, 1.82) is 0 Å². The Hall–Kier alpha value is -2.57. The maximum Gasteiger partial charge on any atom is 0.251 e. The molecule has 1 amide bonds. The Morgan fingerprint density at radius 3 is 2.57 bits per heavy atom. The molecule has 4 rings (SSSR count). The number of anilines is 1. The van der Waals surface area contributed by atoms with Crippen molar-refractivity contribution in [2.24, 2.45) is 0 Å². The maximum absolute atomic E-state index is 12.5. The summed E-state index contributed by atoms with van der Waals surface area (Å²) in [6, 6.07) is 19.4. The fraction of sp³-hybridized carbons (Fsp3) is 0.261. The normalized spacial score (nSPS) is 13.4. The third-order valence-corrected chi connectivity index (χ3v) is 6.06. The third kappa shape index (κ3) is 5.52. The summed E-state index contributed by atoms with van der Waals surface area (Å²) in [5.41, 5.74) is 2.76. The Balaban J connectivity index is 1.38. The number of hydrogen-bond acceptors (Lipinski definition) is 5. The molecule has 1 aliphatic heterocycles. The van der Waals surface area contributed by atoms with Crippen LogP contribution >= 0.6 is 23.4 Å². The van der Waals surface area contributed by atoms with E-state index in [2.05, 4.69) is 20.2 Å². The van der Waals surface area contributed by atoms with E-state index in [1.165, 1.54) is 24.6 Å². The van der Waals surface area contributed by atoms with Crippen LogP contribution in [0.15, 0.2) is 65.8 Å². The molecule has 0 radical (unpaired) electrons. The first-order valence-electron chi connectivity index (χ1n) is 10.0. The molecule has 5 nitrogen and oxygen atoms in total. The summed E-state index contributed by atoms with van der Waals surface area (Å²) >= 11 is 7.74. The SMILES string of the molecule is O=C(NCc1ccccc1)c1cccc(CSc2nc(Cl)cc(N3CCCC3)n2)c1. The summed E-state index contributed by atoms with van der Waals surface area (Å²) < 4.78 is 0. The summed E-state index contributed by atoms with van der Waals surface area (Å²) in [6.45, 7) is 2.53. The van der Waals surface area contributed by atoms with Crippen molar-refractivity contribution in [3.05, 3.63) is 82.5 Å². The van der Waals surface area contributed by atoms with E-state index in [1.54, 1.807) is 0 Å². The zero-order valence-corrected chi connectivity index (χ0v) is 18.1. The molecule has 1 N–H and O–H groups in total. The van der Waals surface area contributed by atoms with Gasteiger partial charge in [0.05, 0.1) is 0 Å². The second kappa shape index (κ2) is 9.96. The Kier molecular flexibility index (Phi) is 6.87. The fourth-order valence-corrected chi connectivity index (χ4v) is 4.41. The zero-order chi connectivity index (χ0) is 20.8. The predicted octanol–water partition coefficient (Wildman–Crippen LogP) is 4.95. The van der Waals surface area contributed by atoms with Gasteiger partial charge in [0.2, 0.25) is 0 Å². The number of benzene rings is 2. The van der Waals surface area contributed by atoms with Crippen LogP contribution in [0.25, 0.3) is 0 Å². The van der Waals surface area contributed by atoms with E-state index < -0.39 is 0 Å². The van der Waals surface area contributed by atoms with E-state index in [9.17, 15) is 4.79 Å². The monoisotopic (exact) mass is 438 g/mol. The molecule has 0 unspecified atom stereocenters. The molecule has 0 aliphatic carbocycles. The number of rotatable bonds is 7. The Morgan fingerprint density at radius 1 is 1.00 bits per heavy atom. The number of nitrogens with zero attached hydrogens (tertiary/aromatic N) is 3. The Labute approximate surface area is 185 Å². The molecule has 154 valence electrons. The van der Waals surface area contributed by atoms with Gasteiger partial charge in [-0.3, -0.25) is 4.79 Å². The lowest BCUT2D eigenvalue weighted by Crippen LogP contribution is -2.22. The number of hydrogen-bond donors (Lipinski definition) is 1. The van der Waals surface area contributed by atoms with Gasteiger partial charge in [-0.25, -0.2) is 9.97 Å². The summed E-state index contributed by atoms with van der Waals surface area (Å²) in [7, 11) is 0. The van der Waals surface area contributed by atoms with E-state index >= 15 is 0 Å². The van der Waals surface area contributed by atoms with Gasteiger partial charge in [0.15, 0.2) is 5.16 Å². The molecule has 0 bridgehead atoms. The Bertz CT molecular complexity index is 1010. The standard InChI is InChI=1S/C23H23ClN4OS/c24-20-14-21(28-11-4-5-12-28)27-23(26-20)30-16-18-9-6-10-19(13-18)22(29)25-15-17-7-2-1-3-8-17/h1-3,6-10,13-14H,4-5,11-12,15-16H2,(H,25,29). The van der Waals surface area contributed by atoms with Crippen LogP contribution in [0.5, 0.6) is 0 Å². The number of amides is 1. The van der Waals surface area contributed by atoms with Crippen LogP contribution in [0.2, 0.25) is 5.15 Å². The molecule has 0 atom stereocenters. The van der Waals surface area contributed by atoms with Crippen molar-refractivity contribution in [3.8, 4) is 0 Å². The first-order valence-corrected chi connectivity index (χ1v) is 11.4. The quantitative estimate of drug-likeness (QED) is 0.321. The van der Waals surface area contributed by atoms with Crippen molar-refractivity contribution in [2.75, 3.05) is 18.0 Å². The number of aromatic nitrogens is 2. The lowest BCUT2D eigenvalue weighted by Gasteiger charge is -2.16. The number of thioether (sulfide) groups is 1. The molecule has 7 heteroatoms. The summed E-state index contributed by atoms with van der Waals surface area (Å²) in [5.74, 6) is 1.48. The average molecular weight is 439 g/mol. The maximum atomic E-state index is 12.5. The number of carbonyl (C=O) groups excluding carboxylic acids is 1. The summed E-state index contributed by atoms with van der Waals surface area (Å²) in [4.78, 5) is 23.8. The van der Waals surface area contributed by atoms with Gasteiger partial charge in [-0.1, -0.05) is 65.8 Å². The molecule has 30 heavy (non-hydrogen) atoms. The van der Waals surface area contributed by atoms with Crippen molar-refractivity contribution < 1.29 is 4.79 Å². The highest BCUT2D eigenvalue weighted by molar-refractivity contribution is 7.98. The van der Waals surface area contributed by atoms with Gasteiger partial charge in [0.25, 0.3) is 5.91 Å². The molecular weight excluding hydrogens is 416 g/mol. The minimum Gasteiger partial charge on any atom is -0.356 e. The lowest BCUT2D eigenvalue weighted by atomic mass is 10.1. The van der Waals surface area contributed by atoms with Gasteiger partial charge in [0, 0.05) is 37.0 Å². The molecule has 1 aliphatic rings. The van der Waals surface area contributed by atoms with E-state index in [0.29, 0.717) is 28.2 Å². The number of nitrogens with one attached hydrogen (secondary N) is 1. The van der Waals surface area contributed by atoms with E-state index in [0.717, 1.165) is 30.0 Å². The Morgan fingerprint density at radius 2 is 1.77 bits per heavy atom. The minimum atomic E-state index is -0.0824. The first kappa shape index (κ1) is 20.7. The third-order valence-electron chi connectivity index (χ3n) is 4.94. The van der Waals surface area contributed by atoms with E-state index in [1.807, 2.05) is 60.7 Å². The van der Waals surface area contributed by atoms with Gasteiger partial charge < -0.3 is 10.2 Å². The van der Waals surface area contributed by atoms with E-state index in [-0.39, 0.29) is 5.91 Å². The molecule has 0 spiro atoms. The van der Waals surface area contributed by atoms with Gasteiger partial charge >= 0.3 is 0 Å². The number of carbonyl (C=O) groups is 1. The van der Waals surface area contributed by atoms with Gasteiger partial charge in [-0.05, 0) is 36.1 Å². The van der Waals surface area contributed by atoms with Crippen molar-refractivity contribution in [2.45, 2.75) is 30.3 Å². The molecule has 2 heterocycles. The van der Waals surface area contributed by atoms with Crippen LogP contribution < -0.4 is 10.2 Å². The molecule has 2 aromatic carbocycles. The molecule has 1 saturated heterocycles. The van der Waals surface area contributed by atoms with Crippen molar-refractivity contribution in [3.63, 3.8) is 0 Å². The predicted molar refractivity (Wildman–Crippen MR) is 122 cm³/mol. The minimum absolute atomic E-state index is 0.0824. The van der Waals surface area contributed by atoms with Gasteiger partial charge in [0.1, 0.15) is 11.0 Å². The summed E-state index contributed by atoms with van der Waals surface area (Å²) in [5, 5.41) is 4.09. The molecule has 1 fully saturated rings. The highest BCUT2D eigenvalue weighted by Crippen LogP contribution is 2.26. The van der Waals surface area contributed by atoms with Crippen molar-refractivity contribution in [1.82, 2.24) is 15.3 Å². The fourth-order valence-electron chi connectivity index (χ4n) is 3.39. The molecule has 0 saturated carbocycles. The zero-order valence-electron chi connectivity index (χ0n) is 16.6. The average Bonchev–Trinajstić information content (AvgIpc) is 3.32. The largest absolute Gasteiger partial charge is 0.356 e.